The molecule has 4 rings (SSSR count). The Morgan fingerprint density at radius 3 is 2.79 bits per heavy atom. The van der Waals surface area contributed by atoms with Gasteiger partial charge in [0.1, 0.15) is 11.3 Å². The van der Waals surface area contributed by atoms with E-state index in [1.54, 1.807) is 24.5 Å². The largest absolute Gasteiger partial charge is 0.456 e. The van der Waals surface area contributed by atoms with E-state index in [1.807, 2.05) is 0 Å². The van der Waals surface area contributed by atoms with E-state index in [0.717, 1.165) is 17.1 Å². The number of amides is 2. The van der Waals surface area contributed by atoms with Crippen LogP contribution < -0.4 is 5.32 Å². The van der Waals surface area contributed by atoms with Gasteiger partial charge in [-0.3, -0.25) is 19.9 Å². The van der Waals surface area contributed by atoms with Crippen LogP contribution in [0.2, 0.25) is 0 Å². The maximum atomic E-state index is 13.0. The van der Waals surface area contributed by atoms with Crippen LogP contribution in [0, 0.1) is 5.95 Å². The van der Waals surface area contributed by atoms with Gasteiger partial charge in [-0.25, -0.2) is 4.98 Å². The molecule has 0 bridgehead atoms. The average Bonchev–Trinajstić information content (AvgIpc) is 3.10. The summed E-state index contributed by atoms with van der Waals surface area (Å²) < 4.78 is 18.8. The highest BCUT2D eigenvalue weighted by molar-refractivity contribution is 8.18. The van der Waals surface area contributed by atoms with E-state index in [-0.39, 0.29) is 4.91 Å². The van der Waals surface area contributed by atoms with Gasteiger partial charge in [0.05, 0.1) is 4.91 Å². The van der Waals surface area contributed by atoms with Gasteiger partial charge in [-0.15, -0.1) is 0 Å². The molecule has 0 saturated carbocycles. The summed E-state index contributed by atoms with van der Waals surface area (Å²) in [5.41, 5.74) is 1.86. The molecular weight excluding hydrogens is 333 g/mol. The lowest BCUT2D eigenvalue weighted by Gasteiger charge is -2.01. The lowest BCUT2D eigenvalue weighted by atomic mass is 10.1. The summed E-state index contributed by atoms with van der Waals surface area (Å²) in [7, 11) is 0. The van der Waals surface area contributed by atoms with Crippen molar-refractivity contribution in [2.24, 2.45) is 0 Å². The molecule has 1 saturated heterocycles. The second-order valence-electron chi connectivity index (χ2n) is 4.98. The van der Waals surface area contributed by atoms with Gasteiger partial charge in [0.25, 0.3) is 11.1 Å². The molecule has 2 amide bonds. The SMILES string of the molecule is O=C1NC(=O)C(=Cc2cc3cncc(-c4ccc(F)nc4)c3o2)S1. The Morgan fingerprint density at radius 1 is 1.21 bits per heavy atom. The zero-order chi connectivity index (χ0) is 16.7. The normalized spacial score (nSPS) is 16.1. The number of nitrogens with zero attached hydrogens (tertiary/aromatic N) is 2. The molecule has 3 aromatic rings. The first-order chi connectivity index (χ1) is 11.6. The van der Waals surface area contributed by atoms with Crippen LogP contribution in [0.3, 0.4) is 0 Å². The number of carbonyl (C=O) groups excluding carboxylic acids is 2. The third-order valence-electron chi connectivity index (χ3n) is 3.40. The highest BCUT2D eigenvalue weighted by Gasteiger charge is 2.25. The van der Waals surface area contributed by atoms with E-state index in [9.17, 15) is 14.0 Å². The number of nitrogens with one attached hydrogen (secondary N) is 1. The van der Waals surface area contributed by atoms with Crippen molar-refractivity contribution in [2.45, 2.75) is 0 Å². The number of fused-ring (bicyclic) bond motifs is 1. The fourth-order valence-electron chi connectivity index (χ4n) is 2.34. The molecule has 3 aromatic heterocycles. The fourth-order valence-corrected chi connectivity index (χ4v) is 3.01. The third kappa shape index (κ3) is 2.56. The lowest BCUT2D eigenvalue weighted by molar-refractivity contribution is -0.115. The molecule has 6 nitrogen and oxygen atoms in total. The summed E-state index contributed by atoms with van der Waals surface area (Å²) in [6.45, 7) is 0. The number of aromatic nitrogens is 2. The Kier molecular flexibility index (Phi) is 3.39. The molecule has 0 radical (unpaired) electrons. The number of carbonyl (C=O) groups is 2. The summed E-state index contributed by atoms with van der Waals surface area (Å²) >= 11 is 0.815. The Morgan fingerprint density at radius 2 is 2.08 bits per heavy atom. The second kappa shape index (κ2) is 5.57. The summed E-state index contributed by atoms with van der Waals surface area (Å²) in [6, 6.07) is 4.55. The molecule has 118 valence electrons. The molecule has 1 N–H and O–H groups in total. The molecular formula is C16H8FN3O3S. The molecule has 8 heteroatoms. The highest BCUT2D eigenvalue weighted by Crippen LogP contribution is 2.32. The van der Waals surface area contributed by atoms with Crippen LogP contribution in [-0.2, 0) is 4.79 Å². The van der Waals surface area contributed by atoms with E-state index in [0.29, 0.717) is 22.5 Å². The number of hydrogen-bond donors (Lipinski definition) is 1. The topological polar surface area (TPSA) is 85.1 Å². The van der Waals surface area contributed by atoms with Crippen molar-refractivity contribution < 1.29 is 18.4 Å². The summed E-state index contributed by atoms with van der Waals surface area (Å²) in [5, 5.41) is 2.49. The van der Waals surface area contributed by atoms with Crippen molar-refractivity contribution in [1.29, 1.82) is 0 Å². The fraction of sp³-hybridized carbons (Fsp3) is 0. The van der Waals surface area contributed by atoms with Crippen molar-refractivity contribution >= 4 is 40.0 Å². The van der Waals surface area contributed by atoms with Crippen LogP contribution in [0.5, 0.6) is 0 Å². The number of halogens is 1. The quantitative estimate of drug-likeness (QED) is 0.568. The van der Waals surface area contributed by atoms with E-state index >= 15 is 0 Å². The maximum Gasteiger partial charge on any atom is 0.290 e. The maximum absolute atomic E-state index is 13.0. The van der Waals surface area contributed by atoms with E-state index in [2.05, 4.69) is 15.3 Å². The number of thioether (sulfide) groups is 1. The molecule has 0 spiro atoms. The van der Waals surface area contributed by atoms with E-state index in [1.165, 1.54) is 18.3 Å². The number of pyridine rings is 2. The number of furan rings is 1. The smallest absolute Gasteiger partial charge is 0.290 e. The van der Waals surface area contributed by atoms with Gasteiger partial charge in [0.15, 0.2) is 0 Å². The van der Waals surface area contributed by atoms with Crippen molar-refractivity contribution in [3.05, 3.63) is 53.4 Å². The zero-order valence-electron chi connectivity index (χ0n) is 11.9. The van der Waals surface area contributed by atoms with Gasteiger partial charge in [-0.2, -0.15) is 4.39 Å². The summed E-state index contributed by atoms with van der Waals surface area (Å²) in [5.74, 6) is -0.606. The standard InChI is InChI=1S/C16H8FN3O3S/c17-13-2-1-8(6-19-13)11-7-18-5-9-3-10(23-14(9)11)4-12-15(21)20-16(22)24-12/h1-7H,(H,20,21,22). The number of imide groups is 1. The van der Waals surface area contributed by atoms with Crippen molar-refractivity contribution in [3.8, 4) is 11.1 Å². The molecule has 0 unspecified atom stereocenters. The molecule has 0 aliphatic carbocycles. The molecule has 1 fully saturated rings. The molecule has 24 heavy (non-hydrogen) atoms. The molecule has 0 aromatic carbocycles. The average molecular weight is 341 g/mol. The summed E-state index contributed by atoms with van der Waals surface area (Å²) in [4.78, 5) is 30.8. The lowest BCUT2D eigenvalue weighted by Crippen LogP contribution is -2.17. The third-order valence-corrected chi connectivity index (χ3v) is 4.21. The van der Waals surface area contributed by atoms with E-state index in [4.69, 9.17) is 4.42 Å². The Balaban J connectivity index is 1.80. The Hall–Kier alpha value is -3.00. The monoisotopic (exact) mass is 341 g/mol. The molecule has 0 atom stereocenters. The van der Waals surface area contributed by atoms with Crippen LogP contribution >= 0.6 is 11.8 Å². The minimum Gasteiger partial charge on any atom is -0.456 e. The van der Waals surface area contributed by atoms with Crippen LogP contribution in [0.1, 0.15) is 5.76 Å². The highest BCUT2D eigenvalue weighted by atomic mass is 32.2. The minimum absolute atomic E-state index is 0.261. The molecule has 1 aliphatic rings. The first kappa shape index (κ1) is 14.6. The summed E-state index contributed by atoms with van der Waals surface area (Å²) in [6.07, 6.45) is 6.11. The first-order valence-electron chi connectivity index (χ1n) is 6.84. The predicted molar refractivity (Wildman–Crippen MR) is 86.3 cm³/mol. The molecule has 1 aliphatic heterocycles. The van der Waals surface area contributed by atoms with Gasteiger partial charge in [0, 0.05) is 41.2 Å². The van der Waals surface area contributed by atoms with Crippen LogP contribution in [0.4, 0.5) is 9.18 Å². The minimum atomic E-state index is -0.572. The van der Waals surface area contributed by atoms with Crippen LogP contribution in [0.15, 0.2) is 46.1 Å². The molecule has 4 heterocycles. The Bertz CT molecular complexity index is 1010. The second-order valence-corrected chi connectivity index (χ2v) is 5.99. The van der Waals surface area contributed by atoms with Gasteiger partial charge >= 0.3 is 0 Å². The van der Waals surface area contributed by atoms with Gasteiger partial charge in [-0.1, -0.05) is 0 Å². The number of rotatable bonds is 2. The van der Waals surface area contributed by atoms with Crippen molar-refractivity contribution in [2.75, 3.05) is 0 Å². The van der Waals surface area contributed by atoms with Crippen molar-refractivity contribution in [3.63, 3.8) is 0 Å². The van der Waals surface area contributed by atoms with Gasteiger partial charge in [-0.05, 0) is 30.0 Å². The van der Waals surface area contributed by atoms with Crippen LogP contribution in [0.25, 0.3) is 28.2 Å². The van der Waals surface area contributed by atoms with E-state index < -0.39 is 17.1 Å². The Labute approximate surface area is 138 Å². The van der Waals surface area contributed by atoms with Crippen LogP contribution in [-0.4, -0.2) is 21.1 Å². The van der Waals surface area contributed by atoms with Crippen molar-refractivity contribution in [1.82, 2.24) is 15.3 Å². The predicted octanol–water partition coefficient (Wildman–Crippen LogP) is 3.35. The first-order valence-corrected chi connectivity index (χ1v) is 7.66. The van der Waals surface area contributed by atoms with Gasteiger partial charge < -0.3 is 4.42 Å². The number of hydrogen-bond acceptors (Lipinski definition) is 6. The van der Waals surface area contributed by atoms with Gasteiger partial charge in [0.2, 0.25) is 5.95 Å². The zero-order valence-corrected chi connectivity index (χ0v) is 12.8.